The molecule has 1 atom stereocenters. The number of amides is 1. The molecule has 3 rings (SSSR count). The van der Waals surface area contributed by atoms with Gasteiger partial charge in [0.25, 0.3) is 5.91 Å². The van der Waals surface area contributed by atoms with Crippen molar-refractivity contribution in [1.82, 2.24) is 5.32 Å². The van der Waals surface area contributed by atoms with E-state index in [1.807, 2.05) is 31.2 Å². The van der Waals surface area contributed by atoms with Crippen molar-refractivity contribution in [3.8, 4) is 5.75 Å². The lowest BCUT2D eigenvalue weighted by atomic mass is 9.99. The summed E-state index contributed by atoms with van der Waals surface area (Å²) in [6.45, 7) is 1.87. The fourth-order valence-electron chi connectivity index (χ4n) is 3.00. The molecule has 4 nitrogen and oxygen atoms in total. The lowest BCUT2D eigenvalue weighted by Gasteiger charge is -2.18. The first-order valence-corrected chi connectivity index (χ1v) is 8.20. The second-order valence-electron chi connectivity index (χ2n) is 5.96. The summed E-state index contributed by atoms with van der Waals surface area (Å²) in [4.78, 5) is 12.7. The lowest BCUT2D eigenvalue weighted by molar-refractivity contribution is 0.0937. The van der Waals surface area contributed by atoms with E-state index in [1.54, 1.807) is 18.2 Å². The molecule has 0 fully saturated rings. The van der Waals surface area contributed by atoms with Crippen LogP contribution >= 0.6 is 0 Å². The molecule has 25 heavy (non-hydrogen) atoms. The van der Waals surface area contributed by atoms with Crippen LogP contribution in [0.15, 0.2) is 60.7 Å². The van der Waals surface area contributed by atoms with Crippen LogP contribution < -0.4 is 10.1 Å². The average molecular weight is 335 g/mol. The van der Waals surface area contributed by atoms with E-state index in [2.05, 4.69) is 23.5 Å². The highest BCUT2D eigenvalue weighted by atomic mass is 16.5. The van der Waals surface area contributed by atoms with Gasteiger partial charge in [-0.15, -0.1) is 0 Å². The Balaban J connectivity index is 1.87. The Bertz CT molecular complexity index is 899. The van der Waals surface area contributed by atoms with Gasteiger partial charge in [-0.05, 0) is 41.0 Å². The minimum absolute atomic E-state index is 0.0926. The Kier molecular flexibility index (Phi) is 5.00. The average Bonchev–Trinajstić information content (AvgIpc) is 2.66. The first kappa shape index (κ1) is 17.0. The molecule has 0 bridgehead atoms. The molecule has 0 saturated carbocycles. The number of aliphatic hydroxyl groups excluding tert-OH is 1. The second-order valence-corrected chi connectivity index (χ2v) is 5.96. The first-order valence-electron chi connectivity index (χ1n) is 8.20. The third-order valence-electron chi connectivity index (χ3n) is 4.33. The van der Waals surface area contributed by atoms with Gasteiger partial charge in [0, 0.05) is 0 Å². The third kappa shape index (κ3) is 3.49. The number of nitrogens with one attached hydrogen (secondary N) is 1. The van der Waals surface area contributed by atoms with Crippen LogP contribution in [0.2, 0.25) is 0 Å². The number of fused-ring (bicyclic) bond motifs is 1. The zero-order valence-corrected chi connectivity index (χ0v) is 14.3. The maximum absolute atomic E-state index is 12.7. The quantitative estimate of drug-likeness (QED) is 0.745. The molecule has 0 heterocycles. The van der Waals surface area contributed by atoms with E-state index in [0.29, 0.717) is 16.9 Å². The SMILES string of the molecule is COc1cc(CO)ccc1C(=O)N[C@H](C)c1cccc2ccccc12. The van der Waals surface area contributed by atoms with Crippen LogP contribution in [0, 0.1) is 0 Å². The van der Waals surface area contributed by atoms with Crippen molar-refractivity contribution in [2.75, 3.05) is 7.11 Å². The molecule has 2 N–H and O–H groups in total. The van der Waals surface area contributed by atoms with Crippen LogP contribution in [-0.2, 0) is 6.61 Å². The minimum atomic E-state index is -0.207. The van der Waals surface area contributed by atoms with Gasteiger partial charge in [-0.1, -0.05) is 48.5 Å². The van der Waals surface area contributed by atoms with Gasteiger partial charge in [0.15, 0.2) is 0 Å². The van der Waals surface area contributed by atoms with Crippen molar-refractivity contribution in [2.24, 2.45) is 0 Å². The summed E-state index contributed by atoms with van der Waals surface area (Å²) in [5.74, 6) is 0.246. The summed E-state index contributed by atoms with van der Waals surface area (Å²) in [5.41, 5.74) is 2.22. The fourth-order valence-corrected chi connectivity index (χ4v) is 3.00. The van der Waals surface area contributed by atoms with E-state index < -0.39 is 0 Å². The van der Waals surface area contributed by atoms with Gasteiger partial charge in [-0.25, -0.2) is 0 Å². The minimum Gasteiger partial charge on any atom is -0.496 e. The highest BCUT2D eigenvalue weighted by Crippen LogP contribution is 2.26. The number of benzene rings is 3. The Morgan fingerprint density at radius 1 is 1.12 bits per heavy atom. The Labute approximate surface area is 147 Å². The molecule has 0 aromatic heterocycles. The highest BCUT2D eigenvalue weighted by Gasteiger charge is 2.17. The van der Waals surface area contributed by atoms with Gasteiger partial charge >= 0.3 is 0 Å². The zero-order valence-electron chi connectivity index (χ0n) is 14.3. The van der Waals surface area contributed by atoms with Crippen LogP contribution in [0.1, 0.15) is 34.5 Å². The molecule has 128 valence electrons. The molecule has 1 amide bonds. The molecular weight excluding hydrogens is 314 g/mol. The molecule has 0 saturated heterocycles. The Morgan fingerprint density at radius 2 is 1.88 bits per heavy atom. The summed E-state index contributed by atoms with van der Waals surface area (Å²) in [6.07, 6.45) is 0. The number of carbonyl (C=O) groups excluding carboxylic acids is 1. The van der Waals surface area contributed by atoms with Gasteiger partial charge in [0.2, 0.25) is 0 Å². The second kappa shape index (κ2) is 7.36. The van der Waals surface area contributed by atoms with E-state index in [-0.39, 0.29) is 18.6 Å². The normalized spacial score (nSPS) is 12.0. The summed E-state index contributed by atoms with van der Waals surface area (Å²) in [7, 11) is 1.52. The summed E-state index contributed by atoms with van der Waals surface area (Å²) in [6, 6.07) is 19.1. The van der Waals surface area contributed by atoms with Crippen molar-refractivity contribution < 1.29 is 14.6 Å². The van der Waals surface area contributed by atoms with Crippen LogP contribution in [0.5, 0.6) is 5.75 Å². The molecule has 0 unspecified atom stereocenters. The molecular formula is C21H21NO3. The summed E-state index contributed by atoms with van der Waals surface area (Å²) >= 11 is 0. The fraction of sp³-hybridized carbons (Fsp3) is 0.190. The Morgan fingerprint density at radius 3 is 2.64 bits per heavy atom. The van der Waals surface area contributed by atoms with Crippen molar-refractivity contribution in [2.45, 2.75) is 19.6 Å². The van der Waals surface area contributed by atoms with Gasteiger partial charge in [-0.2, -0.15) is 0 Å². The van der Waals surface area contributed by atoms with Gasteiger partial charge in [-0.3, -0.25) is 4.79 Å². The molecule has 0 aliphatic heterocycles. The lowest BCUT2D eigenvalue weighted by Crippen LogP contribution is -2.27. The van der Waals surface area contributed by atoms with E-state index in [4.69, 9.17) is 4.74 Å². The van der Waals surface area contributed by atoms with Crippen LogP contribution in [0.4, 0.5) is 0 Å². The van der Waals surface area contributed by atoms with Crippen molar-refractivity contribution in [3.05, 3.63) is 77.4 Å². The van der Waals surface area contributed by atoms with Crippen molar-refractivity contribution in [1.29, 1.82) is 0 Å². The maximum Gasteiger partial charge on any atom is 0.255 e. The largest absolute Gasteiger partial charge is 0.496 e. The highest BCUT2D eigenvalue weighted by molar-refractivity contribution is 5.97. The van der Waals surface area contributed by atoms with Crippen molar-refractivity contribution >= 4 is 16.7 Å². The van der Waals surface area contributed by atoms with Crippen LogP contribution in [-0.4, -0.2) is 18.1 Å². The molecule has 0 aliphatic rings. The zero-order chi connectivity index (χ0) is 17.8. The van der Waals surface area contributed by atoms with Crippen LogP contribution in [0.3, 0.4) is 0 Å². The van der Waals surface area contributed by atoms with Gasteiger partial charge in [0.05, 0.1) is 25.3 Å². The van der Waals surface area contributed by atoms with E-state index >= 15 is 0 Å². The molecule has 0 aliphatic carbocycles. The van der Waals surface area contributed by atoms with E-state index in [1.165, 1.54) is 7.11 Å². The Hall–Kier alpha value is -2.85. The number of hydrogen-bond acceptors (Lipinski definition) is 3. The molecule has 3 aromatic rings. The summed E-state index contributed by atoms with van der Waals surface area (Å²) < 4.78 is 5.29. The number of carbonyl (C=O) groups is 1. The summed E-state index contributed by atoms with van der Waals surface area (Å²) in [5, 5.41) is 14.5. The molecule has 0 radical (unpaired) electrons. The molecule has 4 heteroatoms. The maximum atomic E-state index is 12.7. The number of hydrogen-bond donors (Lipinski definition) is 2. The first-order chi connectivity index (χ1) is 12.1. The molecule has 3 aromatic carbocycles. The van der Waals surface area contributed by atoms with E-state index in [0.717, 1.165) is 16.3 Å². The predicted octanol–water partition coefficient (Wildman–Crippen LogP) is 3.83. The third-order valence-corrected chi connectivity index (χ3v) is 4.33. The predicted molar refractivity (Wildman–Crippen MR) is 98.7 cm³/mol. The number of aliphatic hydroxyl groups is 1. The topological polar surface area (TPSA) is 58.6 Å². The monoisotopic (exact) mass is 335 g/mol. The standard InChI is InChI=1S/C21H21NO3/c1-14(17-9-5-7-16-6-3-4-8-18(16)17)22-21(24)19-11-10-15(13-23)12-20(19)25-2/h3-12,14,23H,13H2,1-2H3,(H,22,24)/t14-/m1/s1. The van der Waals surface area contributed by atoms with Crippen molar-refractivity contribution in [3.63, 3.8) is 0 Å². The smallest absolute Gasteiger partial charge is 0.255 e. The van der Waals surface area contributed by atoms with Gasteiger partial charge < -0.3 is 15.2 Å². The van der Waals surface area contributed by atoms with E-state index in [9.17, 15) is 9.90 Å². The van der Waals surface area contributed by atoms with Gasteiger partial charge in [0.1, 0.15) is 5.75 Å². The number of ether oxygens (including phenoxy) is 1. The molecule has 0 spiro atoms. The number of methoxy groups -OCH3 is 1. The number of rotatable bonds is 5. The van der Waals surface area contributed by atoms with Crippen LogP contribution in [0.25, 0.3) is 10.8 Å².